The number of rotatable bonds is 5. The Hall–Kier alpha value is -3.07. The minimum absolute atomic E-state index is 0.0874. The molecule has 1 amide bonds. The minimum atomic E-state index is -3.60. The molecule has 0 spiro atoms. The van der Waals surface area contributed by atoms with Crippen LogP contribution in [0.2, 0.25) is 0 Å². The first-order valence-electron chi connectivity index (χ1n) is 10.3. The highest BCUT2D eigenvalue weighted by Crippen LogP contribution is 2.40. The van der Waals surface area contributed by atoms with Crippen molar-refractivity contribution in [3.63, 3.8) is 0 Å². The Kier molecular flexibility index (Phi) is 4.47. The van der Waals surface area contributed by atoms with Crippen LogP contribution in [0.25, 0.3) is 22.6 Å². The molecule has 9 heteroatoms. The van der Waals surface area contributed by atoms with Gasteiger partial charge in [-0.05, 0) is 73.6 Å². The molecule has 5 rings (SSSR count). The molecule has 1 atom stereocenters. The van der Waals surface area contributed by atoms with Gasteiger partial charge in [0.25, 0.3) is 5.91 Å². The Labute approximate surface area is 180 Å². The Balaban J connectivity index is 1.61. The molecule has 1 N–H and O–H groups in total. The third-order valence-electron chi connectivity index (χ3n) is 6.13. The van der Waals surface area contributed by atoms with Crippen LogP contribution >= 0.6 is 0 Å². The molecule has 0 bridgehead atoms. The summed E-state index contributed by atoms with van der Waals surface area (Å²) >= 11 is 0. The summed E-state index contributed by atoms with van der Waals surface area (Å²) in [6.45, 7) is 4.29. The first-order valence-corrected chi connectivity index (χ1v) is 12.2. The second-order valence-corrected chi connectivity index (χ2v) is 10.5. The maximum absolute atomic E-state index is 13.2. The maximum Gasteiger partial charge on any atom is 0.256 e. The van der Waals surface area contributed by atoms with Gasteiger partial charge < -0.3 is 9.88 Å². The number of amides is 1. The molecule has 1 saturated carbocycles. The van der Waals surface area contributed by atoms with E-state index in [0.29, 0.717) is 35.4 Å². The summed E-state index contributed by atoms with van der Waals surface area (Å²) in [6, 6.07) is 7.30. The summed E-state index contributed by atoms with van der Waals surface area (Å²) < 4.78 is 25.3. The van der Waals surface area contributed by atoms with Crippen molar-refractivity contribution in [3.8, 4) is 22.6 Å². The van der Waals surface area contributed by atoms with Crippen molar-refractivity contribution in [3.05, 3.63) is 47.4 Å². The average Bonchev–Trinajstić information content (AvgIpc) is 3.41. The summed E-state index contributed by atoms with van der Waals surface area (Å²) in [5, 5.41) is 8.06. The van der Waals surface area contributed by atoms with Crippen LogP contribution in [0.1, 0.15) is 41.5 Å². The average molecular weight is 438 g/mol. The number of sulfone groups is 1. The number of carbonyl (C=O) groups is 1. The third-order valence-corrected chi connectivity index (χ3v) is 7.25. The topological polar surface area (TPSA) is 109 Å². The lowest BCUT2D eigenvalue weighted by Crippen LogP contribution is -2.35. The number of H-pyrrole nitrogens is 1. The van der Waals surface area contributed by atoms with Crippen LogP contribution in [-0.4, -0.2) is 51.7 Å². The molecule has 3 aromatic rings. The molecule has 0 saturated heterocycles. The fourth-order valence-electron chi connectivity index (χ4n) is 4.26. The third kappa shape index (κ3) is 3.52. The van der Waals surface area contributed by atoms with E-state index in [1.54, 1.807) is 12.3 Å². The molecule has 2 aliphatic rings. The molecule has 3 heterocycles. The van der Waals surface area contributed by atoms with E-state index >= 15 is 0 Å². The van der Waals surface area contributed by atoms with E-state index in [9.17, 15) is 13.2 Å². The molecular formula is C22H23N5O3S. The van der Waals surface area contributed by atoms with Crippen molar-refractivity contribution in [2.45, 2.75) is 44.2 Å². The van der Waals surface area contributed by atoms with Crippen molar-refractivity contribution in [2.75, 3.05) is 6.26 Å². The maximum atomic E-state index is 13.2. The molecule has 1 fully saturated rings. The van der Waals surface area contributed by atoms with Crippen LogP contribution in [0.3, 0.4) is 0 Å². The summed E-state index contributed by atoms with van der Waals surface area (Å²) in [4.78, 5) is 22.5. The molecule has 160 valence electrons. The van der Waals surface area contributed by atoms with Crippen molar-refractivity contribution >= 4 is 15.7 Å². The number of pyridine rings is 1. The van der Waals surface area contributed by atoms with E-state index < -0.39 is 9.84 Å². The quantitative estimate of drug-likeness (QED) is 0.657. The van der Waals surface area contributed by atoms with Crippen molar-refractivity contribution in [2.24, 2.45) is 5.92 Å². The standard InChI is InChI=1S/C22H23N5O3S/c1-12(14-4-5-14)27-11-17-8-16(10-19(31(3,29)30)20(17)22(27)28)15-6-7-23-18(9-15)21-24-13(2)25-26-21/h6-10,12,14H,4-5,11H2,1-3H3,(H,24,25,26)/t12-/m0/s1. The smallest absolute Gasteiger partial charge is 0.256 e. The minimum Gasteiger partial charge on any atom is -0.331 e. The number of hydrogen-bond donors (Lipinski definition) is 1. The lowest BCUT2D eigenvalue weighted by atomic mass is 10.0. The molecule has 8 nitrogen and oxygen atoms in total. The molecule has 1 aliphatic carbocycles. The summed E-state index contributed by atoms with van der Waals surface area (Å²) in [6.07, 6.45) is 5.04. The van der Waals surface area contributed by atoms with Crippen LogP contribution in [0.15, 0.2) is 35.4 Å². The Morgan fingerprint density at radius 3 is 2.58 bits per heavy atom. The van der Waals surface area contributed by atoms with Gasteiger partial charge in [0, 0.05) is 25.0 Å². The normalized spacial score (nSPS) is 17.1. The summed E-state index contributed by atoms with van der Waals surface area (Å²) in [5.41, 5.74) is 3.21. The molecule has 1 aliphatic heterocycles. The predicted octanol–water partition coefficient (Wildman–Crippen LogP) is 3.00. The molecule has 1 aromatic carbocycles. The predicted molar refractivity (Wildman–Crippen MR) is 115 cm³/mol. The zero-order valence-corrected chi connectivity index (χ0v) is 18.4. The van der Waals surface area contributed by atoms with Gasteiger partial charge in [0.2, 0.25) is 0 Å². The van der Waals surface area contributed by atoms with Crippen LogP contribution in [0, 0.1) is 12.8 Å². The van der Waals surface area contributed by atoms with E-state index in [4.69, 9.17) is 0 Å². The molecule has 31 heavy (non-hydrogen) atoms. The van der Waals surface area contributed by atoms with Gasteiger partial charge >= 0.3 is 0 Å². The molecule has 0 radical (unpaired) electrons. The van der Waals surface area contributed by atoms with Gasteiger partial charge in [0.05, 0.1) is 10.5 Å². The molecular weight excluding hydrogens is 414 g/mol. The number of hydrogen-bond acceptors (Lipinski definition) is 6. The van der Waals surface area contributed by atoms with Crippen LogP contribution < -0.4 is 0 Å². The van der Waals surface area contributed by atoms with Gasteiger partial charge in [-0.15, -0.1) is 10.2 Å². The van der Waals surface area contributed by atoms with Gasteiger partial charge in [0.1, 0.15) is 11.5 Å². The second kappa shape index (κ2) is 6.98. The van der Waals surface area contributed by atoms with Gasteiger partial charge in [0.15, 0.2) is 15.7 Å². The zero-order chi connectivity index (χ0) is 21.9. The number of fused-ring (bicyclic) bond motifs is 1. The Bertz CT molecular complexity index is 1310. The van der Waals surface area contributed by atoms with Gasteiger partial charge in [-0.3, -0.25) is 9.78 Å². The van der Waals surface area contributed by atoms with E-state index in [2.05, 4.69) is 27.1 Å². The summed E-state index contributed by atoms with van der Waals surface area (Å²) in [5.74, 6) is 1.55. The second-order valence-electron chi connectivity index (χ2n) is 8.48. The number of aromatic nitrogens is 4. The van der Waals surface area contributed by atoms with Crippen molar-refractivity contribution < 1.29 is 13.2 Å². The van der Waals surface area contributed by atoms with Crippen molar-refractivity contribution in [1.82, 2.24) is 25.1 Å². The number of nitrogens with one attached hydrogen (secondary N) is 1. The fourth-order valence-corrected chi connectivity index (χ4v) is 5.19. The SMILES string of the molecule is Cc1nnc(-c2cc(-c3cc4c(c(S(C)(=O)=O)c3)C(=O)N([C@@H](C)C3CC3)C4)ccn2)[nH]1. The van der Waals surface area contributed by atoms with Gasteiger partial charge in [-0.1, -0.05) is 0 Å². The Morgan fingerprint density at radius 2 is 1.94 bits per heavy atom. The lowest BCUT2D eigenvalue weighted by molar-refractivity contribution is 0.0694. The van der Waals surface area contributed by atoms with E-state index in [1.165, 1.54) is 0 Å². The number of carbonyl (C=O) groups excluding carboxylic acids is 1. The fraction of sp³-hybridized carbons (Fsp3) is 0.364. The first-order chi connectivity index (χ1) is 14.7. The zero-order valence-electron chi connectivity index (χ0n) is 17.6. The number of nitrogens with zero attached hydrogens (tertiary/aromatic N) is 4. The highest BCUT2D eigenvalue weighted by Gasteiger charge is 2.40. The van der Waals surface area contributed by atoms with E-state index in [1.807, 2.05) is 30.0 Å². The number of aryl methyl sites for hydroxylation is 1. The number of aromatic amines is 1. The van der Waals surface area contributed by atoms with Crippen LogP contribution in [0.5, 0.6) is 0 Å². The molecule has 2 aromatic heterocycles. The first kappa shape index (κ1) is 19.9. The van der Waals surface area contributed by atoms with Gasteiger partial charge in [-0.2, -0.15) is 0 Å². The largest absolute Gasteiger partial charge is 0.331 e. The Morgan fingerprint density at radius 1 is 1.16 bits per heavy atom. The monoisotopic (exact) mass is 437 g/mol. The van der Waals surface area contributed by atoms with Gasteiger partial charge in [-0.25, -0.2) is 8.42 Å². The summed E-state index contributed by atoms with van der Waals surface area (Å²) in [7, 11) is -3.60. The van der Waals surface area contributed by atoms with E-state index in [-0.39, 0.29) is 16.8 Å². The molecule has 0 unspecified atom stereocenters. The highest BCUT2D eigenvalue weighted by atomic mass is 32.2. The van der Waals surface area contributed by atoms with Crippen LogP contribution in [-0.2, 0) is 16.4 Å². The van der Waals surface area contributed by atoms with Crippen molar-refractivity contribution in [1.29, 1.82) is 0 Å². The van der Waals surface area contributed by atoms with E-state index in [0.717, 1.165) is 35.8 Å². The number of benzene rings is 1. The van der Waals surface area contributed by atoms with Crippen LogP contribution in [0.4, 0.5) is 0 Å². The highest BCUT2D eigenvalue weighted by molar-refractivity contribution is 7.90. The lowest BCUT2D eigenvalue weighted by Gasteiger charge is -2.24.